The monoisotopic (exact) mass is 218 g/mol. The topological polar surface area (TPSA) is 63.7 Å². The summed E-state index contributed by atoms with van der Waals surface area (Å²) in [5, 5.41) is 6.94. The number of ether oxygens (including phenoxy) is 1. The molecule has 1 N–H and O–H groups in total. The second kappa shape index (κ2) is 4.40. The molecule has 2 aromatic rings. The van der Waals surface area contributed by atoms with Gasteiger partial charge in [-0.1, -0.05) is 6.07 Å². The normalized spacial score (nSPS) is 10.7. The maximum absolute atomic E-state index is 4.97. The van der Waals surface area contributed by atoms with E-state index in [1.54, 1.807) is 7.11 Å². The molecule has 0 amide bonds. The van der Waals surface area contributed by atoms with E-state index < -0.39 is 0 Å². The van der Waals surface area contributed by atoms with Crippen molar-refractivity contribution in [3.63, 3.8) is 0 Å². The Hall–Kier alpha value is -1.75. The van der Waals surface area contributed by atoms with Gasteiger partial charge >= 0.3 is 0 Å². The molecule has 2 rings (SSSR count). The van der Waals surface area contributed by atoms with Gasteiger partial charge in [0.1, 0.15) is 12.3 Å². The van der Waals surface area contributed by atoms with E-state index in [9.17, 15) is 0 Å². The fraction of sp³-hybridized carbons (Fsp3) is 0.364. The van der Waals surface area contributed by atoms with Crippen LogP contribution in [-0.2, 0) is 11.3 Å². The Morgan fingerprint density at radius 2 is 2.19 bits per heavy atom. The zero-order valence-corrected chi connectivity index (χ0v) is 9.61. The minimum Gasteiger partial charge on any atom is -0.377 e. The lowest BCUT2D eigenvalue weighted by Crippen LogP contribution is -1.92. The van der Waals surface area contributed by atoms with Crippen molar-refractivity contribution < 1.29 is 4.74 Å². The van der Waals surface area contributed by atoms with Crippen molar-refractivity contribution in [3.05, 3.63) is 29.2 Å². The largest absolute Gasteiger partial charge is 0.377 e. The first kappa shape index (κ1) is 10.8. The Kier molecular flexibility index (Phi) is 2.96. The number of nitrogens with zero attached hydrogens (tertiary/aromatic N) is 3. The molecule has 0 aliphatic carbocycles. The van der Waals surface area contributed by atoms with Crippen LogP contribution in [0.2, 0.25) is 0 Å². The number of rotatable bonds is 3. The van der Waals surface area contributed by atoms with Crippen LogP contribution in [0.1, 0.15) is 17.0 Å². The van der Waals surface area contributed by atoms with Crippen LogP contribution < -0.4 is 0 Å². The molecule has 0 saturated heterocycles. The van der Waals surface area contributed by atoms with Gasteiger partial charge in [0, 0.05) is 13.3 Å². The number of aryl methyl sites for hydroxylation is 2. The smallest absolute Gasteiger partial charge is 0.200 e. The van der Waals surface area contributed by atoms with Crippen molar-refractivity contribution >= 4 is 0 Å². The molecule has 0 aliphatic heterocycles. The van der Waals surface area contributed by atoms with Gasteiger partial charge in [0.2, 0.25) is 0 Å². The van der Waals surface area contributed by atoms with Gasteiger partial charge in [-0.2, -0.15) is 5.10 Å². The molecule has 5 nitrogen and oxygen atoms in total. The highest BCUT2D eigenvalue weighted by Crippen LogP contribution is 2.17. The van der Waals surface area contributed by atoms with Crippen LogP contribution in [-0.4, -0.2) is 27.3 Å². The van der Waals surface area contributed by atoms with Gasteiger partial charge in [-0.05, 0) is 25.0 Å². The van der Waals surface area contributed by atoms with E-state index in [2.05, 4.69) is 26.2 Å². The van der Waals surface area contributed by atoms with Crippen LogP contribution in [0.5, 0.6) is 0 Å². The van der Waals surface area contributed by atoms with E-state index >= 15 is 0 Å². The van der Waals surface area contributed by atoms with E-state index in [1.807, 2.05) is 20.0 Å². The van der Waals surface area contributed by atoms with Gasteiger partial charge in [-0.25, -0.2) is 4.98 Å². The number of pyridine rings is 1. The minimum atomic E-state index is 0.428. The summed E-state index contributed by atoms with van der Waals surface area (Å²) in [6.45, 7) is 4.44. The van der Waals surface area contributed by atoms with E-state index in [0.717, 1.165) is 16.8 Å². The Labute approximate surface area is 93.9 Å². The predicted molar refractivity (Wildman–Crippen MR) is 59.8 cm³/mol. The Balaban J connectivity index is 2.35. The number of H-pyrrole nitrogens is 1. The first-order valence-corrected chi connectivity index (χ1v) is 5.04. The molecule has 16 heavy (non-hydrogen) atoms. The van der Waals surface area contributed by atoms with Crippen LogP contribution in [0, 0.1) is 13.8 Å². The van der Waals surface area contributed by atoms with Crippen LogP contribution in [0.3, 0.4) is 0 Å². The summed E-state index contributed by atoms with van der Waals surface area (Å²) in [6.07, 6.45) is 1.81. The van der Waals surface area contributed by atoms with Crippen molar-refractivity contribution in [2.75, 3.05) is 7.11 Å². The molecule has 0 atom stereocenters. The zero-order chi connectivity index (χ0) is 11.5. The summed E-state index contributed by atoms with van der Waals surface area (Å²) in [5.74, 6) is 1.32. The minimum absolute atomic E-state index is 0.428. The maximum atomic E-state index is 4.97. The van der Waals surface area contributed by atoms with Crippen LogP contribution in [0.25, 0.3) is 11.5 Å². The van der Waals surface area contributed by atoms with E-state index in [-0.39, 0.29) is 0 Å². The highest BCUT2D eigenvalue weighted by molar-refractivity contribution is 5.54. The average Bonchev–Trinajstić information content (AvgIpc) is 2.67. The standard InChI is InChI=1S/C11H14N4O/c1-7-4-8(2)10(12-5-7)11-13-9(6-16-3)14-15-11/h4-5H,6H2,1-3H3,(H,13,14,15). The van der Waals surface area contributed by atoms with Crippen molar-refractivity contribution in [3.8, 4) is 11.5 Å². The summed E-state index contributed by atoms with van der Waals surface area (Å²) < 4.78 is 4.97. The van der Waals surface area contributed by atoms with Crippen LogP contribution in [0.15, 0.2) is 12.3 Å². The number of hydrogen-bond acceptors (Lipinski definition) is 4. The number of nitrogens with one attached hydrogen (secondary N) is 1. The molecule has 0 bridgehead atoms. The fourth-order valence-electron chi connectivity index (χ4n) is 1.55. The molecule has 5 heteroatoms. The Morgan fingerprint density at radius 3 is 2.88 bits per heavy atom. The summed E-state index contributed by atoms with van der Waals surface area (Å²) in [6, 6.07) is 2.06. The zero-order valence-electron chi connectivity index (χ0n) is 9.61. The molecule has 0 spiro atoms. The molecule has 2 aromatic heterocycles. The summed E-state index contributed by atoms with van der Waals surface area (Å²) in [7, 11) is 1.62. The SMILES string of the molecule is COCc1nc(-c2ncc(C)cc2C)n[nH]1. The van der Waals surface area contributed by atoms with Gasteiger partial charge in [-0.3, -0.25) is 10.1 Å². The fourth-order valence-corrected chi connectivity index (χ4v) is 1.55. The average molecular weight is 218 g/mol. The predicted octanol–water partition coefficient (Wildman–Crippen LogP) is 1.63. The summed E-state index contributed by atoms with van der Waals surface area (Å²) in [4.78, 5) is 8.64. The van der Waals surface area contributed by atoms with Crippen molar-refractivity contribution in [1.82, 2.24) is 20.2 Å². The Bertz CT molecular complexity index is 492. The molecular formula is C11H14N4O. The molecule has 0 radical (unpaired) electrons. The molecular weight excluding hydrogens is 204 g/mol. The molecule has 0 saturated carbocycles. The third kappa shape index (κ3) is 2.09. The second-order valence-electron chi connectivity index (χ2n) is 3.72. The number of hydrogen-bond donors (Lipinski definition) is 1. The van der Waals surface area contributed by atoms with Crippen molar-refractivity contribution in [2.45, 2.75) is 20.5 Å². The lowest BCUT2D eigenvalue weighted by Gasteiger charge is -2.00. The summed E-state index contributed by atoms with van der Waals surface area (Å²) in [5.41, 5.74) is 3.01. The molecule has 0 aromatic carbocycles. The Morgan fingerprint density at radius 1 is 1.38 bits per heavy atom. The number of aromatic nitrogens is 4. The van der Waals surface area contributed by atoms with Gasteiger partial charge in [-0.15, -0.1) is 0 Å². The molecule has 0 unspecified atom stereocenters. The molecule has 2 heterocycles. The van der Waals surface area contributed by atoms with Gasteiger partial charge < -0.3 is 4.74 Å². The van der Waals surface area contributed by atoms with E-state index in [4.69, 9.17) is 4.74 Å². The molecule has 0 aliphatic rings. The highest BCUT2D eigenvalue weighted by Gasteiger charge is 2.09. The maximum Gasteiger partial charge on any atom is 0.200 e. The first-order valence-electron chi connectivity index (χ1n) is 5.04. The molecule has 0 fully saturated rings. The van der Waals surface area contributed by atoms with Gasteiger partial charge in [0.05, 0.1) is 0 Å². The lowest BCUT2D eigenvalue weighted by molar-refractivity contribution is 0.178. The second-order valence-corrected chi connectivity index (χ2v) is 3.72. The van der Waals surface area contributed by atoms with Crippen molar-refractivity contribution in [1.29, 1.82) is 0 Å². The highest BCUT2D eigenvalue weighted by atomic mass is 16.5. The number of aromatic amines is 1. The van der Waals surface area contributed by atoms with E-state index in [0.29, 0.717) is 18.3 Å². The van der Waals surface area contributed by atoms with E-state index in [1.165, 1.54) is 0 Å². The third-order valence-electron chi connectivity index (χ3n) is 2.24. The third-order valence-corrected chi connectivity index (χ3v) is 2.24. The van der Waals surface area contributed by atoms with Crippen LogP contribution >= 0.6 is 0 Å². The summed E-state index contributed by atoms with van der Waals surface area (Å²) >= 11 is 0. The first-order chi connectivity index (χ1) is 7.70. The van der Waals surface area contributed by atoms with Crippen molar-refractivity contribution in [2.24, 2.45) is 0 Å². The van der Waals surface area contributed by atoms with Gasteiger partial charge in [0.15, 0.2) is 11.6 Å². The van der Waals surface area contributed by atoms with Gasteiger partial charge in [0.25, 0.3) is 0 Å². The lowest BCUT2D eigenvalue weighted by atomic mass is 10.1. The quantitative estimate of drug-likeness (QED) is 0.850. The number of methoxy groups -OCH3 is 1. The molecule has 84 valence electrons. The van der Waals surface area contributed by atoms with Crippen LogP contribution in [0.4, 0.5) is 0 Å².